The van der Waals surface area contributed by atoms with E-state index in [1.54, 1.807) is 18.2 Å². The van der Waals surface area contributed by atoms with E-state index in [4.69, 9.17) is 5.73 Å². The molecule has 3 nitrogen and oxygen atoms in total. The molecule has 0 amide bonds. The monoisotopic (exact) mass is 243 g/mol. The Morgan fingerprint density at radius 1 is 1.00 bits per heavy atom. The maximum Gasteiger partial charge on any atom is 0.115 e. The summed E-state index contributed by atoms with van der Waals surface area (Å²) in [6.45, 7) is 0. The molecule has 94 valence electrons. The van der Waals surface area contributed by atoms with E-state index in [2.05, 4.69) is 0 Å². The molecule has 0 aliphatic rings. The topological polar surface area (TPSA) is 66.5 Å². The van der Waals surface area contributed by atoms with Gasteiger partial charge in [-0.3, -0.25) is 0 Å². The molecular formula is C15H17NO2. The van der Waals surface area contributed by atoms with Gasteiger partial charge >= 0.3 is 0 Å². The van der Waals surface area contributed by atoms with E-state index in [0.717, 1.165) is 5.56 Å². The summed E-state index contributed by atoms with van der Waals surface area (Å²) in [5, 5.41) is 19.5. The van der Waals surface area contributed by atoms with Crippen LogP contribution in [0, 0.1) is 0 Å². The summed E-state index contributed by atoms with van der Waals surface area (Å²) in [5.41, 5.74) is 7.72. The van der Waals surface area contributed by atoms with E-state index in [9.17, 15) is 10.2 Å². The van der Waals surface area contributed by atoms with Crippen LogP contribution in [0.5, 0.6) is 5.75 Å². The fraction of sp³-hybridized carbons (Fsp3) is 0.200. The first-order valence-corrected chi connectivity index (χ1v) is 5.93. The molecule has 0 saturated heterocycles. The first kappa shape index (κ1) is 12.6. The number of aromatic hydroxyl groups is 1. The minimum atomic E-state index is -0.780. The Morgan fingerprint density at radius 2 is 1.72 bits per heavy atom. The molecule has 0 aliphatic carbocycles. The summed E-state index contributed by atoms with van der Waals surface area (Å²) in [5.74, 6) is 0.137. The van der Waals surface area contributed by atoms with E-state index in [1.165, 1.54) is 6.07 Å². The standard InChI is InChI=1S/C15H17NO2/c16-14(9-11-5-2-1-3-6-11)15(18)12-7-4-8-13(17)10-12/h1-8,10,14-15,17-18H,9,16H2. The molecule has 0 fully saturated rings. The van der Waals surface area contributed by atoms with Crippen molar-refractivity contribution in [2.24, 2.45) is 5.73 Å². The van der Waals surface area contributed by atoms with Gasteiger partial charge in [0.1, 0.15) is 5.75 Å². The van der Waals surface area contributed by atoms with Crippen molar-refractivity contribution < 1.29 is 10.2 Å². The lowest BCUT2D eigenvalue weighted by Gasteiger charge is -2.19. The van der Waals surface area contributed by atoms with Crippen molar-refractivity contribution in [2.45, 2.75) is 18.6 Å². The van der Waals surface area contributed by atoms with Gasteiger partial charge in [-0.05, 0) is 29.7 Å². The molecule has 2 atom stereocenters. The molecule has 18 heavy (non-hydrogen) atoms. The lowest BCUT2D eigenvalue weighted by atomic mass is 9.97. The minimum absolute atomic E-state index is 0.137. The third-order valence-corrected chi connectivity index (χ3v) is 2.93. The normalized spacial score (nSPS) is 14.1. The Bertz CT molecular complexity index is 499. The number of phenolic OH excluding ortho intramolecular Hbond substituents is 1. The lowest BCUT2D eigenvalue weighted by molar-refractivity contribution is 0.146. The highest BCUT2D eigenvalue weighted by Gasteiger charge is 2.17. The summed E-state index contributed by atoms with van der Waals surface area (Å²) in [7, 11) is 0. The van der Waals surface area contributed by atoms with Crippen LogP contribution in [0.2, 0.25) is 0 Å². The van der Waals surface area contributed by atoms with E-state index < -0.39 is 12.1 Å². The van der Waals surface area contributed by atoms with Crippen molar-refractivity contribution in [3.05, 3.63) is 65.7 Å². The van der Waals surface area contributed by atoms with Crippen LogP contribution in [0.3, 0.4) is 0 Å². The van der Waals surface area contributed by atoms with Crippen molar-refractivity contribution in [1.82, 2.24) is 0 Å². The minimum Gasteiger partial charge on any atom is -0.508 e. The molecule has 2 unspecified atom stereocenters. The van der Waals surface area contributed by atoms with Crippen LogP contribution in [0.4, 0.5) is 0 Å². The Hall–Kier alpha value is -1.84. The van der Waals surface area contributed by atoms with E-state index >= 15 is 0 Å². The maximum atomic E-state index is 10.1. The van der Waals surface area contributed by atoms with Gasteiger partial charge in [0, 0.05) is 6.04 Å². The maximum absolute atomic E-state index is 10.1. The van der Waals surface area contributed by atoms with Crippen LogP contribution in [0.1, 0.15) is 17.2 Å². The highest BCUT2D eigenvalue weighted by molar-refractivity contribution is 5.29. The fourth-order valence-corrected chi connectivity index (χ4v) is 1.95. The Balaban J connectivity index is 2.07. The van der Waals surface area contributed by atoms with Gasteiger partial charge in [0.15, 0.2) is 0 Å². The van der Waals surface area contributed by atoms with Gasteiger partial charge in [-0.25, -0.2) is 0 Å². The third-order valence-electron chi connectivity index (χ3n) is 2.93. The number of nitrogens with two attached hydrogens (primary N) is 1. The molecular weight excluding hydrogens is 226 g/mol. The number of hydrogen-bond acceptors (Lipinski definition) is 3. The van der Waals surface area contributed by atoms with Crippen LogP contribution in [-0.2, 0) is 6.42 Å². The number of rotatable bonds is 4. The van der Waals surface area contributed by atoms with E-state index in [0.29, 0.717) is 12.0 Å². The molecule has 0 heterocycles. The number of phenols is 1. The summed E-state index contributed by atoms with van der Waals surface area (Å²) >= 11 is 0. The zero-order valence-electron chi connectivity index (χ0n) is 10.0. The average molecular weight is 243 g/mol. The zero-order chi connectivity index (χ0) is 13.0. The van der Waals surface area contributed by atoms with Crippen LogP contribution in [0.25, 0.3) is 0 Å². The van der Waals surface area contributed by atoms with Crippen LogP contribution >= 0.6 is 0 Å². The first-order valence-electron chi connectivity index (χ1n) is 5.93. The van der Waals surface area contributed by atoms with Gasteiger partial charge in [-0.15, -0.1) is 0 Å². The molecule has 0 spiro atoms. The number of hydrogen-bond donors (Lipinski definition) is 3. The SMILES string of the molecule is NC(Cc1ccccc1)C(O)c1cccc(O)c1. The van der Waals surface area contributed by atoms with Crippen LogP contribution in [-0.4, -0.2) is 16.3 Å². The number of benzene rings is 2. The summed E-state index contributed by atoms with van der Waals surface area (Å²) in [4.78, 5) is 0. The second kappa shape index (κ2) is 5.67. The molecule has 3 heteroatoms. The van der Waals surface area contributed by atoms with Crippen LogP contribution < -0.4 is 5.73 Å². The highest BCUT2D eigenvalue weighted by Crippen LogP contribution is 2.21. The van der Waals surface area contributed by atoms with Crippen LogP contribution in [0.15, 0.2) is 54.6 Å². The summed E-state index contributed by atoms with van der Waals surface area (Å²) < 4.78 is 0. The fourth-order valence-electron chi connectivity index (χ4n) is 1.95. The molecule has 4 N–H and O–H groups in total. The second-order valence-electron chi connectivity index (χ2n) is 4.39. The van der Waals surface area contributed by atoms with Gasteiger partial charge < -0.3 is 15.9 Å². The third kappa shape index (κ3) is 3.09. The van der Waals surface area contributed by atoms with Gasteiger partial charge in [-0.2, -0.15) is 0 Å². The van der Waals surface area contributed by atoms with Gasteiger partial charge in [-0.1, -0.05) is 42.5 Å². The lowest BCUT2D eigenvalue weighted by Crippen LogP contribution is -2.30. The Labute approximate surface area is 107 Å². The van der Waals surface area contributed by atoms with Gasteiger partial charge in [0.05, 0.1) is 6.10 Å². The quantitative estimate of drug-likeness (QED) is 0.769. The predicted octanol–water partition coefficient (Wildman–Crippen LogP) is 2.00. The molecule has 0 aliphatic heterocycles. The predicted molar refractivity (Wildman–Crippen MR) is 71.2 cm³/mol. The number of aliphatic hydroxyl groups excluding tert-OH is 1. The summed E-state index contributed by atoms with van der Waals surface area (Å²) in [6.07, 6.45) is -0.185. The van der Waals surface area contributed by atoms with Gasteiger partial charge in [0.2, 0.25) is 0 Å². The highest BCUT2D eigenvalue weighted by atomic mass is 16.3. The van der Waals surface area contributed by atoms with Crippen molar-refractivity contribution in [3.63, 3.8) is 0 Å². The van der Waals surface area contributed by atoms with E-state index in [1.807, 2.05) is 30.3 Å². The second-order valence-corrected chi connectivity index (χ2v) is 4.39. The molecule has 0 radical (unpaired) electrons. The average Bonchev–Trinajstić information content (AvgIpc) is 2.39. The zero-order valence-corrected chi connectivity index (χ0v) is 10.0. The van der Waals surface area contributed by atoms with Gasteiger partial charge in [0.25, 0.3) is 0 Å². The molecule has 0 aromatic heterocycles. The Morgan fingerprint density at radius 3 is 2.39 bits per heavy atom. The molecule has 2 aromatic rings. The molecule has 2 aromatic carbocycles. The van der Waals surface area contributed by atoms with E-state index in [-0.39, 0.29) is 5.75 Å². The molecule has 0 bridgehead atoms. The Kier molecular flexibility index (Phi) is 3.97. The van der Waals surface area contributed by atoms with Crippen molar-refractivity contribution in [1.29, 1.82) is 0 Å². The largest absolute Gasteiger partial charge is 0.508 e. The number of aliphatic hydroxyl groups is 1. The first-order chi connectivity index (χ1) is 8.66. The van der Waals surface area contributed by atoms with Crippen molar-refractivity contribution in [3.8, 4) is 5.75 Å². The molecule has 2 rings (SSSR count). The van der Waals surface area contributed by atoms with Crippen molar-refractivity contribution >= 4 is 0 Å². The molecule has 0 saturated carbocycles. The van der Waals surface area contributed by atoms with Crippen molar-refractivity contribution in [2.75, 3.05) is 0 Å². The summed E-state index contributed by atoms with van der Waals surface area (Å²) in [6, 6.07) is 16.0. The smallest absolute Gasteiger partial charge is 0.115 e.